The Bertz CT molecular complexity index is 805. The third-order valence-electron chi connectivity index (χ3n) is 3.59. The fourth-order valence-corrected chi connectivity index (χ4v) is 2.33. The number of hydrogen-bond donors (Lipinski definition) is 0. The lowest BCUT2D eigenvalue weighted by Gasteiger charge is -2.08. The highest BCUT2D eigenvalue weighted by atomic mass is 16.5. The van der Waals surface area contributed by atoms with Gasteiger partial charge < -0.3 is 4.74 Å². The molecule has 0 N–H and O–H groups in total. The van der Waals surface area contributed by atoms with Crippen LogP contribution in [0.1, 0.15) is 28.5 Å². The number of rotatable bonds is 4. The highest BCUT2D eigenvalue weighted by molar-refractivity contribution is 5.91. The lowest BCUT2D eigenvalue weighted by molar-refractivity contribution is 0.0723. The van der Waals surface area contributed by atoms with Gasteiger partial charge in [-0.2, -0.15) is 5.10 Å². The summed E-state index contributed by atoms with van der Waals surface area (Å²) in [7, 11) is 0. The number of nitrogens with zero attached hydrogens (tertiary/aromatic N) is 2. The van der Waals surface area contributed by atoms with Crippen molar-refractivity contribution in [2.45, 2.75) is 20.3 Å². The lowest BCUT2D eigenvalue weighted by atomic mass is 10.1. The monoisotopic (exact) mass is 306 g/mol. The van der Waals surface area contributed by atoms with Crippen LogP contribution in [0, 0.1) is 6.92 Å². The Morgan fingerprint density at radius 1 is 1.09 bits per heavy atom. The fourth-order valence-electron chi connectivity index (χ4n) is 2.33. The maximum absolute atomic E-state index is 12.3. The number of aryl methyl sites for hydroxylation is 2. The molecule has 116 valence electrons. The number of ether oxygens (including phenoxy) is 1. The smallest absolute Gasteiger partial charge is 0.344 e. The molecular weight excluding hydrogens is 288 g/mol. The van der Waals surface area contributed by atoms with Gasteiger partial charge in [0.15, 0.2) is 0 Å². The fraction of sp³-hybridized carbons (Fsp3) is 0.158. The molecule has 0 amide bonds. The predicted molar refractivity (Wildman–Crippen MR) is 89.1 cm³/mol. The van der Waals surface area contributed by atoms with E-state index in [1.807, 2.05) is 49.4 Å². The zero-order valence-corrected chi connectivity index (χ0v) is 13.2. The van der Waals surface area contributed by atoms with Gasteiger partial charge in [0.1, 0.15) is 0 Å². The van der Waals surface area contributed by atoms with E-state index in [1.54, 1.807) is 22.9 Å². The van der Waals surface area contributed by atoms with Gasteiger partial charge >= 0.3 is 5.97 Å². The molecule has 0 aliphatic rings. The molecule has 0 spiro atoms. The van der Waals surface area contributed by atoms with Crippen LogP contribution in [0.4, 0.5) is 0 Å². The summed E-state index contributed by atoms with van der Waals surface area (Å²) in [4.78, 5) is 12.3. The predicted octanol–water partition coefficient (Wildman–Crippen LogP) is 3.96. The molecule has 0 atom stereocenters. The topological polar surface area (TPSA) is 44.1 Å². The first kappa shape index (κ1) is 15.0. The van der Waals surface area contributed by atoms with E-state index in [0.717, 1.165) is 17.8 Å². The highest BCUT2D eigenvalue weighted by Crippen LogP contribution is 2.20. The summed E-state index contributed by atoms with van der Waals surface area (Å²) in [5.41, 5.74) is 3.36. The molecule has 23 heavy (non-hydrogen) atoms. The van der Waals surface area contributed by atoms with Gasteiger partial charge in [-0.05, 0) is 43.2 Å². The van der Waals surface area contributed by atoms with Crippen molar-refractivity contribution < 1.29 is 9.53 Å². The second-order valence-corrected chi connectivity index (χ2v) is 5.31. The minimum atomic E-state index is -0.385. The highest BCUT2D eigenvalue weighted by Gasteiger charge is 2.14. The first-order valence-corrected chi connectivity index (χ1v) is 7.60. The van der Waals surface area contributed by atoms with Crippen molar-refractivity contribution in [2.75, 3.05) is 0 Å². The van der Waals surface area contributed by atoms with Crippen LogP contribution in [0.15, 0.2) is 60.7 Å². The molecule has 1 aromatic heterocycles. The normalized spacial score (nSPS) is 10.5. The minimum Gasteiger partial charge on any atom is -0.404 e. The van der Waals surface area contributed by atoms with E-state index in [4.69, 9.17) is 4.74 Å². The van der Waals surface area contributed by atoms with Crippen molar-refractivity contribution in [1.29, 1.82) is 0 Å². The first-order chi connectivity index (χ1) is 11.2. The molecular formula is C19H18N2O2. The van der Waals surface area contributed by atoms with Crippen molar-refractivity contribution in [3.05, 3.63) is 77.5 Å². The van der Waals surface area contributed by atoms with Crippen molar-refractivity contribution in [3.63, 3.8) is 0 Å². The summed E-state index contributed by atoms with van der Waals surface area (Å²) in [6.07, 6.45) is 0.940. The van der Waals surface area contributed by atoms with Crippen LogP contribution in [0.5, 0.6) is 5.88 Å². The van der Waals surface area contributed by atoms with Gasteiger partial charge in [0.05, 0.1) is 16.9 Å². The summed E-state index contributed by atoms with van der Waals surface area (Å²) in [6, 6.07) is 18.8. The molecule has 0 unspecified atom stereocenters. The number of benzene rings is 2. The number of esters is 1. The van der Waals surface area contributed by atoms with E-state index in [0.29, 0.717) is 11.4 Å². The van der Waals surface area contributed by atoms with E-state index in [9.17, 15) is 4.79 Å². The Morgan fingerprint density at radius 2 is 1.78 bits per heavy atom. The zero-order chi connectivity index (χ0) is 16.2. The van der Waals surface area contributed by atoms with Crippen molar-refractivity contribution >= 4 is 5.97 Å². The van der Waals surface area contributed by atoms with Crippen LogP contribution in [0.3, 0.4) is 0 Å². The van der Waals surface area contributed by atoms with Gasteiger partial charge in [-0.3, -0.25) is 0 Å². The van der Waals surface area contributed by atoms with Gasteiger partial charge in [-0.25, -0.2) is 9.48 Å². The largest absolute Gasteiger partial charge is 0.404 e. The zero-order valence-electron chi connectivity index (χ0n) is 13.2. The van der Waals surface area contributed by atoms with Crippen LogP contribution in [-0.2, 0) is 6.42 Å². The molecule has 1 heterocycles. The van der Waals surface area contributed by atoms with Gasteiger partial charge in [-0.1, -0.05) is 37.3 Å². The Balaban J connectivity index is 1.86. The lowest BCUT2D eigenvalue weighted by Crippen LogP contribution is -2.11. The van der Waals surface area contributed by atoms with E-state index >= 15 is 0 Å². The molecule has 3 aromatic rings. The van der Waals surface area contributed by atoms with Crippen molar-refractivity contribution in [2.24, 2.45) is 0 Å². The SMILES string of the molecule is CCc1ccc(C(=O)Oc2cc(C)nn2-c2ccccc2)cc1. The Morgan fingerprint density at radius 3 is 2.43 bits per heavy atom. The first-order valence-electron chi connectivity index (χ1n) is 7.60. The molecule has 0 saturated heterocycles. The molecule has 2 aromatic carbocycles. The Hall–Kier alpha value is -2.88. The molecule has 3 rings (SSSR count). The number of aromatic nitrogens is 2. The third-order valence-corrected chi connectivity index (χ3v) is 3.59. The second kappa shape index (κ2) is 6.48. The molecule has 0 bridgehead atoms. The van der Waals surface area contributed by atoms with Crippen LogP contribution < -0.4 is 4.74 Å². The van der Waals surface area contributed by atoms with Crippen molar-refractivity contribution in [3.8, 4) is 11.6 Å². The van der Waals surface area contributed by atoms with Crippen LogP contribution in [0.25, 0.3) is 5.69 Å². The Kier molecular flexibility index (Phi) is 4.24. The molecule has 4 heteroatoms. The van der Waals surface area contributed by atoms with Crippen molar-refractivity contribution in [1.82, 2.24) is 9.78 Å². The summed E-state index contributed by atoms with van der Waals surface area (Å²) in [5.74, 6) is 0.0306. The Labute approximate surface area is 135 Å². The maximum atomic E-state index is 12.3. The summed E-state index contributed by atoms with van der Waals surface area (Å²) in [6.45, 7) is 3.95. The van der Waals surface area contributed by atoms with Gasteiger partial charge in [0.25, 0.3) is 0 Å². The minimum absolute atomic E-state index is 0.385. The van der Waals surface area contributed by atoms with Gasteiger partial charge in [-0.15, -0.1) is 0 Å². The van der Waals surface area contributed by atoms with Gasteiger partial charge in [0, 0.05) is 6.07 Å². The van der Waals surface area contributed by atoms with E-state index in [1.165, 1.54) is 5.56 Å². The summed E-state index contributed by atoms with van der Waals surface area (Å²) >= 11 is 0. The molecule has 0 fully saturated rings. The standard InChI is InChI=1S/C19H18N2O2/c1-3-15-9-11-16(12-10-15)19(22)23-18-13-14(2)20-21(18)17-7-5-4-6-8-17/h4-13H,3H2,1-2H3. The van der Waals surface area contributed by atoms with Gasteiger partial charge in [0.2, 0.25) is 5.88 Å². The average Bonchev–Trinajstić information content (AvgIpc) is 2.96. The number of para-hydroxylation sites is 1. The molecule has 0 saturated carbocycles. The van der Waals surface area contributed by atoms with E-state index < -0.39 is 0 Å². The molecule has 4 nitrogen and oxygen atoms in total. The van der Waals surface area contributed by atoms with Crippen LogP contribution in [-0.4, -0.2) is 15.7 Å². The van der Waals surface area contributed by atoms with Crippen LogP contribution >= 0.6 is 0 Å². The van der Waals surface area contributed by atoms with E-state index in [2.05, 4.69) is 12.0 Å². The van der Waals surface area contributed by atoms with Crippen LogP contribution in [0.2, 0.25) is 0 Å². The molecule has 0 aliphatic carbocycles. The third kappa shape index (κ3) is 3.31. The van der Waals surface area contributed by atoms with E-state index in [-0.39, 0.29) is 5.97 Å². The number of carbonyl (C=O) groups is 1. The summed E-state index contributed by atoms with van der Waals surface area (Å²) < 4.78 is 7.17. The maximum Gasteiger partial charge on any atom is 0.344 e. The molecule has 0 radical (unpaired) electrons. The molecule has 0 aliphatic heterocycles. The summed E-state index contributed by atoms with van der Waals surface area (Å²) in [5, 5.41) is 4.39. The second-order valence-electron chi connectivity index (χ2n) is 5.31. The quantitative estimate of drug-likeness (QED) is 0.685. The number of carbonyl (C=O) groups excluding carboxylic acids is 1. The average molecular weight is 306 g/mol. The number of hydrogen-bond acceptors (Lipinski definition) is 3.